The third-order valence-corrected chi connectivity index (χ3v) is 3.65. The Hall–Kier alpha value is -0.880. The Morgan fingerprint density at radius 2 is 1.89 bits per heavy atom. The van der Waals surface area contributed by atoms with Gasteiger partial charge in [0, 0.05) is 11.9 Å². The fourth-order valence-corrected chi connectivity index (χ4v) is 2.75. The van der Waals surface area contributed by atoms with E-state index in [2.05, 4.69) is 37.2 Å². The summed E-state index contributed by atoms with van der Waals surface area (Å²) in [5.74, 6) is -1.03. The summed E-state index contributed by atoms with van der Waals surface area (Å²) in [4.78, 5) is 22.1. The second-order valence-electron chi connectivity index (χ2n) is 3.67. The molecule has 18 heavy (non-hydrogen) atoms. The first-order valence-corrected chi connectivity index (χ1v) is 7.38. The molecule has 0 radical (unpaired) electrons. The van der Waals surface area contributed by atoms with Crippen molar-refractivity contribution in [2.75, 3.05) is 5.33 Å². The van der Waals surface area contributed by atoms with Crippen LogP contribution in [0.2, 0.25) is 0 Å². The van der Waals surface area contributed by atoms with Crippen molar-refractivity contribution in [3.05, 3.63) is 35.4 Å². The number of carboxylic acids is 1. The molecule has 6 heteroatoms. The molecule has 0 aliphatic rings. The number of carbonyl (C=O) groups excluding carboxylic acids is 1. The lowest BCUT2D eigenvalue weighted by Crippen LogP contribution is -2.30. The van der Waals surface area contributed by atoms with Crippen molar-refractivity contribution in [2.24, 2.45) is 0 Å². The van der Waals surface area contributed by atoms with Gasteiger partial charge in [-0.05, 0) is 24.1 Å². The Bertz CT molecular complexity index is 420. The van der Waals surface area contributed by atoms with E-state index >= 15 is 0 Å². The number of alkyl halides is 2. The lowest BCUT2D eigenvalue weighted by Gasteiger charge is -2.09. The highest BCUT2D eigenvalue weighted by Gasteiger charge is 2.13. The van der Waals surface area contributed by atoms with Crippen LogP contribution in [0.5, 0.6) is 0 Å². The van der Waals surface area contributed by atoms with Gasteiger partial charge in [0.25, 0.3) is 0 Å². The molecule has 1 amide bonds. The molecule has 4 nitrogen and oxygen atoms in total. The Labute approximate surface area is 122 Å². The van der Waals surface area contributed by atoms with Gasteiger partial charge in [0.1, 0.15) is 0 Å². The van der Waals surface area contributed by atoms with E-state index in [9.17, 15) is 9.59 Å². The molecule has 0 aliphatic carbocycles. The van der Waals surface area contributed by atoms with Gasteiger partial charge < -0.3 is 10.4 Å². The van der Waals surface area contributed by atoms with Crippen LogP contribution < -0.4 is 5.32 Å². The smallest absolute Gasteiger partial charge is 0.335 e. The van der Waals surface area contributed by atoms with Crippen molar-refractivity contribution in [1.82, 2.24) is 5.32 Å². The number of carbonyl (C=O) groups is 2. The molecule has 0 aliphatic heterocycles. The van der Waals surface area contributed by atoms with Crippen molar-refractivity contribution in [3.8, 4) is 0 Å². The number of nitrogens with one attached hydrogen (secondary N) is 1. The van der Waals surface area contributed by atoms with E-state index < -0.39 is 5.97 Å². The number of rotatable bonds is 6. The molecule has 0 heterocycles. The molecule has 0 bridgehead atoms. The molecule has 0 fully saturated rings. The molecule has 0 saturated carbocycles. The number of aromatic carboxylic acids is 1. The van der Waals surface area contributed by atoms with E-state index in [1.807, 2.05) is 0 Å². The zero-order valence-electron chi connectivity index (χ0n) is 9.53. The first-order chi connectivity index (χ1) is 8.54. The van der Waals surface area contributed by atoms with Gasteiger partial charge in [-0.2, -0.15) is 0 Å². The topological polar surface area (TPSA) is 66.4 Å². The van der Waals surface area contributed by atoms with Crippen molar-refractivity contribution in [3.63, 3.8) is 0 Å². The quantitative estimate of drug-likeness (QED) is 0.747. The molecule has 2 N–H and O–H groups in total. The first kappa shape index (κ1) is 15.2. The van der Waals surface area contributed by atoms with E-state index in [-0.39, 0.29) is 16.3 Å². The molecular weight excluding hydrogens is 366 g/mol. The Morgan fingerprint density at radius 1 is 1.28 bits per heavy atom. The van der Waals surface area contributed by atoms with Crippen LogP contribution in [0.15, 0.2) is 24.3 Å². The molecule has 1 rings (SSSR count). The second-order valence-corrected chi connectivity index (χ2v) is 5.56. The summed E-state index contributed by atoms with van der Waals surface area (Å²) in [7, 11) is 0. The summed E-state index contributed by atoms with van der Waals surface area (Å²) >= 11 is 6.56. The van der Waals surface area contributed by atoms with Crippen molar-refractivity contribution >= 4 is 43.7 Å². The molecule has 0 saturated heterocycles. The number of amides is 1. The largest absolute Gasteiger partial charge is 0.478 e. The van der Waals surface area contributed by atoms with Crippen LogP contribution in [0, 0.1) is 0 Å². The lowest BCUT2D eigenvalue weighted by molar-refractivity contribution is -0.120. The van der Waals surface area contributed by atoms with Gasteiger partial charge >= 0.3 is 5.97 Å². The fourth-order valence-electron chi connectivity index (χ4n) is 1.29. The Morgan fingerprint density at radius 3 is 2.39 bits per heavy atom. The van der Waals surface area contributed by atoms with Gasteiger partial charge in [0.05, 0.1) is 10.4 Å². The minimum absolute atomic E-state index is 0.0724. The van der Waals surface area contributed by atoms with Gasteiger partial charge in [-0.3, -0.25) is 4.79 Å². The van der Waals surface area contributed by atoms with Crippen LogP contribution in [0.3, 0.4) is 0 Å². The summed E-state index contributed by atoms with van der Waals surface area (Å²) in [5.41, 5.74) is 1.11. The molecule has 1 aromatic carbocycles. The van der Waals surface area contributed by atoms with Crippen LogP contribution in [0.25, 0.3) is 0 Å². The average Bonchev–Trinajstić information content (AvgIpc) is 2.36. The van der Waals surface area contributed by atoms with E-state index in [4.69, 9.17) is 5.11 Å². The highest BCUT2D eigenvalue weighted by atomic mass is 79.9. The van der Waals surface area contributed by atoms with E-state index in [1.165, 1.54) is 12.1 Å². The van der Waals surface area contributed by atoms with Crippen LogP contribution in [-0.4, -0.2) is 27.1 Å². The molecule has 1 unspecified atom stereocenters. The summed E-state index contributed by atoms with van der Waals surface area (Å²) in [5, 5.41) is 12.3. The van der Waals surface area contributed by atoms with E-state index in [1.54, 1.807) is 12.1 Å². The van der Waals surface area contributed by atoms with Gasteiger partial charge in [0.2, 0.25) is 5.91 Å². The Balaban J connectivity index is 2.48. The maximum atomic E-state index is 11.6. The number of benzene rings is 1. The SMILES string of the molecule is O=C(O)c1ccc(CNC(=O)C(Br)CCBr)cc1. The van der Waals surface area contributed by atoms with Crippen LogP contribution in [-0.2, 0) is 11.3 Å². The van der Waals surface area contributed by atoms with E-state index in [0.29, 0.717) is 13.0 Å². The monoisotopic (exact) mass is 377 g/mol. The summed E-state index contributed by atoms with van der Waals surface area (Å²) in [6, 6.07) is 6.43. The molecule has 1 aromatic rings. The molecular formula is C12H13Br2NO3. The fraction of sp³-hybridized carbons (Fsp3) is 0.333. The number of carboxylic acid groups (broad SMARTS) is 1. The summed E-state index contributed by atoms with van der Waals surface area (Å²) < 4.78 is 0. The molecule has 98 valence electrons. The molecule has 0 spiro atoms. The van der Waals surface area contributed by atoms with Crippen LogP contribution in [0.4, 0.5) is 0 Å². The van der Waals surface area contributed by atoms with Crippen molar-refractivity contribution in [2.45, 2.75) is 17.8 Å². The predicted molar refractivity (Wildman–Crippen MR) is 76.4 cm³/mol. The van der Waals surface area contributed by atoms with Gasteiger partial charge in [0.15, 0.2) is 0 Å². The Kier molecular flexibility index (Phi) is 6.35. The van der Waals surface area contributed by atoms with Crippen molar-refractivity contribution in [1.29, 1.82) is 0 Å². The minimum Gasteiger partial charge on any atom is -0.478 e. The summed E-state index contributed by atoms with van der Waals surface area (Å²) in [6.07, 6.45) is 0.712. The highest BCUT2D eigenvalue weighted by Crippen LogP contribution is 2.08. The summed E-state index contributed by atoms with van der Waals surface area (Å²) in [6.45, 7) is 0.392. The molecule has 1 atom stereocenters. The number of halogens is 2. The van der Waals surface area contributed by atoms with E-state index in [0.717, 1.165) is 10.9 Å². The van der Waals surface area contributed by atoms with Crippen LogP contribution >= 0.6 is 31.9 Å². The highest BCUT2D eigenvalue weighted by molar-refractivity contribution is 9.10. The second kappa shape index (κ2) is 7.53. The zero-order chi connectivity index (χ0) is 13.5. The van der Waals surface area contributed by atoms with Gasteiger partial charge in [-0.25, -0.2) is 4.79 Å². The normalized spacial score (nSPS) is 11.9. The number of hydrogen-bond donors (Lipinski definition) is 2. The maximum absolute atomic E-state index is 11.6. The first-order valence-electron chi connectivity index (χ1n) is 5.34. The predicted octanol–water partition coefficient (Wildman–Crippen LogP) is 2.55. The third kappa shape index (κ3) is 4.78. The zero-order valence-corrected chi connectivity index (χ0v) is 12.7. The molecule has 0 aromatic heterocycles. The van der Waals surface area contributed by atoms with Crippen LogP contribution in [0.1, 0.15) is 22.3 Å². The standard InChI is InChI=1S/C12H13Br2NO3/c13-6-5-10(14)11(16)15-7-8-1-3-9(4-2-8)12(17)18/h1-4,10H,5-7H2,(H,15,16)(H,17,18). The average molecular weight is 379 g/mol. The van der Waals surface area contributed by atoms with Gasteiger partial charge in [-0.15, -0.1) is 0 Å². The lowest BCUT2D eigenvalue weighted by atomic mass is 10.1. The van der Waals surface area contributed by atoms with Gasteiger partial charge in [-0.1, -0.05) is 44.0 Å². The third-order valence-electron chi connectivity index (χ3n) is 2.31. The minimum atomic E-state index is -0.955. The van der Waals surface area contributed by atoms with Crippen molar-refractivity contribution < 1.29 is 14.7 Å². The maximum Gasteiger partial charge on any atom is 0.335 e. The number of hydrogen-bond acceptors (Lipinski definition) is 2.